The van der Waals surface area contributed by atoms with Gasteiger partial charge in [-0.1, -0.05) is 19.9 Å². The van der Waals surface area contributed by atoms with Crippen molar-refractivity contribution in [2.45, 2.75) is 58.8 Å². The van der Waals surface area contributed by atoms with Crippen molar-refractivity contribution in [1.29, 1.82) is 0 Å². The number of nitrogens with one attached hydrogen (secondary N) is 2. The number of nitrogens with zero attached hydrogens (tertiary/aromatic N) is 4. The van der Waals surface area contributed by atoms with Crippen LogP contribution in [-0.4, -0.2) is 62.5 Å². The molecule has 1 aliphatic rings. The first kappa shape index (κ1) is 25.9. The topological polar surface area (TPSA) is 121 Å². The van der Waals surface area contributed by atoms with Gasteiger partial charge in [0, 0.05) is 48.7 Å². The SMILES string of the molecule is Cc1c(-c2[nH]c3ccc(C4CCN(C(=O)CCNCC(N)=O)CC4)cc3c2C(C)C)cn2ncnc2c1C. The summed E-state index contributed by atoms with van der Waals surface area (Å²) < 4.78 is 1.86. The largest absolute Gasteiger partial charge is 0.369 e. The Morgan fingerprint density at radius 2 is 1.95 bits per heavy atom. The highest BCUT2D eigenvalue weighted by molar-refractivity contribution is 5.92. The van der Waals surface area contributed by atoms with Gasteiger partial charge in [-0.3, -0.25) is 9.59 Å². The molecule has 200 valence electrons. The van der Waals surface area contributed by atoms with E-state index in [4.69, 9.17) is 5.73 Å². The van der Waals surface area contributed by atoms with E-state index in [-0.39, 0.29) is 12.5 Å². The van der Waals surface area contributed by atoms with Crippen molar-refractivity contribution >= 4 is 28.4 Å². The molecule has 1 fully saturated rings. The molecule has 1 saturated heterocycles. The number of hydrogen-bond donors (Lipinski definition) is 3. The third-order valence-corrected chi connectivity index (χ3v) is 7.97. The Kier molecular flexibility index (Phi) is 7.21. The number of piperidine rings is 1. The Morgan fingerprint density at radius 1 is 1.18 bits per heavy atom. The number of carbonyl (C=O) groups excluding carboxylic acids is 2. The van der Waals surface area contributed by atoms with E-state index >= 15 is 0 Å². The van der Waals surface area contributed by atoms with Crippen LogP contribution in [0.25, 0.3) is 27.8 Å². The predicted octanol–water partition coefficient (Wildman–Crippen LogP) is 3.79. The molecule has 38 heavy (non-hydrogen) atoms. The number of aromatic amines is 1. The fourth-order valence-corrected chi connectivity index (χ4v) is 5.78. The summed E-state index contributed by atoms with van der Waals surface area (Å²) in [5, 5.41) is 8.58. The van der Waals surface area contributed by atoms with Crippen LogP contribution in [-0.2, 0) is 9.59 Å². The van der Waals surface area contributed by atoms with Crippen LogP contribution >= 0.6 is 0 Å². The van der Waals surface area contributed by atoms with Gasteiger partial charge in [0.2, 0.25) is 11.8 Å². The van der Waals surface area contributed by atoms with Crippen LogP contribution in [0.4, 0.5) is 0 Å². The summed E-state index contributed by atoms with van der Waals surface area (Å²) in [4.78, 5) is 33.5. The molecule has 0 bridgehead atoms. The summed E-state index contributed by atoms with van der Waals surface area (Å²) in [5.74, 6) is 0.475. The molecule has 5 rings (SSSR count). The fraction of sp³-hybridized carbons (Fsp3) is 0.448. The molecule has 4 N–H and O–H groups in total. The minimum Gasteiger partial charge on any atom is -0.369 e. The van der Waals surface area contributed by atoms with Gasteiger partial charge in [-0.25, -0.2) is 9.50 Å². The summed E-state index contributed by atoms with van der Waals surface area (Å²) in [7, 11) is 0. The van der Waals surface area contributed by atoms with E-state index in [1.54, 1.807) is 6.33 Å². The van der Waals surface area contributed by atoms with Gasteiger partial charge in [-0.05, 0) is 72.9 Å². The maximum Gasteiger partial charge on any atom is 0.231 e. The van der Waals surface area contributed by atoms with Gasteiger partial charge in [0.15, 0.2) is 5.65 Å². The quantitative estimate of drug-likeness (QED) is 0.308. The summed E-state index contributed by atoms with van der Waals surface area (Å²) >= 11 is 0. The summed E-state index contributed by atoms with van der Waals surface area (Å²) in [6, 6.07) is 6.80. The first-order chi connectivity index (χ1) is 18.2. The summed E-state index contributed by atoms with van der Waals surface area (Å²) in [6.45, 7) is 10.8. The number of H-pyrrole nitrogens is 1. The molecule has 0 atom stereocenters. The number of rotatable bonds is 8. The molecule has 0 unspecified atom stereocenters. The molecule has 3 aromatic heterocycles. The first-order valence-corrected chi connectivity index (χ1v) is 13.5. The highest BCUT2D eigenvalue weighted by Crippen LogP contribution is 2.40. The number of carbonyl (C=O) groups is 2. The maximum absolute atomic E-state index is 12.6. The minimum atomic E-state index is -0.410. The van der Waals surface area contributed by atoms with Crippen molar-refractivity contribution in [3.8, 4) is 11.3 Å². The van der Waals surface area contributed by atoms with Gasteiger partial charge in [0.25, 0.3) is 0 Å². The van der Waals surface area contributed by atoms with Crippen molar-refractivity contribution in [1.82, 2.24) is 29.8 Å². The van der Waals surface area contributed by atoms with Gasteiger partial charge in [-0.2, -0.15) is 5.10 Å². The van der Waals surface area contributed by atoms with Crippen LogP contribution in [0.15, 0.2) is 30.7 Å². The smallest absolute Gasteiger partial charge is 0.231 e. The van der Waals surface area contributed by atoms with Crippen LogP contribution in [0.2, 0.25) is 0 Å². The second-order valence-corrected chi connectivity index (χ2v) is 10.7. The number of primary amides is 1. The second-order valence-electron chi connectivity index (χ2n) is 10.7. The number of aryl methyl sites for hydroxylation is 1. The number of hydrogen-bond acceptors (Lipinski definition) is 5. The Hall–Kier alpha value is -3.72. The van der Waals surface area contributed by atoms with Gasteiger partial charge in [0.05, 0.1) is 12.2 Å². The molecule has 1 aliphatic heterocycles. The van der Waals surface area contributed by atoms with Gasteiger partial charge in [-0.15, -0.1) is 0 Å². The number of amides is 2. The maximum atomic E-state index is 12.6. The molecule has 4 heterocycles. The van der Waals surface area contributed by atoms with Gasteiger partial charge >= 0.3 is 0 Å². The number of benzene rings is 1. The Balaban J connectivity index is 1.37. The molecule has 0 saturated carbocycles. The first-order valence-electron chi connectivity index (χ1n) is 13.5. The lowest BCUT2D eigenvalue weighted by Gasteiger charge is -2.32. The van der Waals surface area contributed by atoms with Crippen LogP contribution in [0.5, 0.6) is 0 Å². The highest BCUT2D eigenvalue weighted by atomic mass is 16.2. The van der Waals surface area contributed by atoms with Crippen molar-refractivity contribution < 1.29 is 9.59 Å². The van der Waals surface area contributed by atoms with Crippen LogP contribution in [0.3, 0.4) is 0 Å². The average Bonchev–Trinajstić information content (AvgIpc) is 3.53. The van der Waals surface area contributed by atoms with Crippen molar-refractivity contribution in [3.63, 3.8) is 0 Å². The third-order valence-electron chi connectivity index (χ3n) is 7.97. The molecule has 2 amide bonds. The Labute approximate surface area is 222 Å². The highest BCUT2D eigenvalue weighted by Gasteiger charge is 2.25. The van der Waals surface area contributed by atoms with Gasteiger partial charge < -0.3 is 20.9 Å². The monoisotopic (exact) mass is 515 g/mol. The molecular weight excluding hydrogens is 478 g/mol. The summed E-state index contributed by atoms with van der Waals surface area (Å²) in [5.41, 5.74) is 14.5. The van der Waals surface area contributed by atoms with E-state index in [1.165, 1.54) is 22.1 Å². The number of pyridine rings is 1. The van der Waals surface area contributed by atoms with E-state index in [0.717, 1.165) is 53.9 Å². The zero-order valence-corrected chi connectivity index (χ0v) is 22.7. The van der Waals surface area contributed by atoms with Crippen LogP contribution < -0.4 is 11.1 Å². The lowest BCUT2D eigenvalue weighted by Crippen LogP contribution is -2.39. The molecule has 9 heteroatoms. The minimum absolute atomic E-state index is 0.102. The Bertz CT molecular complexity index is 1490. The standard InChI is InChI=1S/C29H37N7O2/c1-17(2)27-22-13-21(20-8-11-35(12-9-20)26(38)7-10-31-14-25(30)37)5-6-24(22)34-28(27)23-15-36-29(32-16-33-36)19(4)18(23)3/h5-6,13,15-17,20,31,34H,7-12,14H2,1-4H3,(H2,30,37). The lowest BCUT2D eigenvalue weighted by atomic mass is 9.87. The van der Waals surface area contributed by atoms with Gasteiger partial charge in [0.1, 0.15) is 6.33 Å². The van der Waals surface area contributed by atoms with Crippen molar-refractivity contribution in [3.05, 3.63) is 53.0 Å². The van der Waals surface area contributed by atoms with Crippen molar-refractivity contribution in [2.75, 3.05) is 26.2 Å². The molecule has 0 spiro atoms. The van der Waals surface area contributed by atoms with E-state index in [2.05, 4.69) is 72.5 Å². The molecule has 1 aromatic carbocycles. The fourth-order valence-electron chi connectivity index (χ4n) is 5.78. The number of likely N-dealkylation sites (tertiary alicyclic amines) is 1. The molecule has 0 aliphatic carbocycles. The lowest BCUT2D eigenvalue weighted by molar-refractivity contribution is -0.132. The van der Waals surface area contributed by atoms with Crippen LogP contribution in [0, 0.1) is 13.8 Å². The van der Waals surface area contributed by atoms with E-state index in [0.29, 0.717) is 24.8 Å². The number of nitrogens with two attached hydrogens (primary N) is 1. The van der Waals surface area contributed by atoms with Crippen LogP contribution in [0.1, 0.15) is 67.2 Å². The van der Waals surface area contributed by atoms with Crippen molar-refractivity contribution in [2.24, 2.45) is 5.73 Å². The van der Waals surface area contributed by atoms with E-state index < -0.39 is 5.91 Å². The molecule has 4 aromatic rings. The third kappa shape index (κ3) is 4.90. The molecule has 9 nitrogen and oxygen atoms in total. The molecular formula is C29H37N7O2. The predicted molar refractivity (Wildman–Crippen MR) is 149 cm³/mol. The second kappa shape index (κ2) is 10.6. The number of fused-ring (bicyclic) bond motifs is 2. The molecule has 0 radical (unpaired) electrons. The van der Waals surface area contributed by atoms with E-state index in [9.17, 15) is 9.59 Å². The zero-order valence-electron chi connectivity index (χ0n) is 22.7. The average molecular weight is 516 g/mol. The summed E-state index contributed by atoms with van der Waals surface area (Å²) in [6.07, 6.45) is 5.96. The van der Waals surface area contributed by atoms with E-state index in [1.807, 2.05) is 9.42 Å². The zero-order chi connectivity index (χ0) is 27.0. The number of aromatic nitrogens is 4. The normalized spacial score (nSPS) is 14.7. The Morgan fingerprint density at radius 3 is 2.66 bits per heavy atom.